The van der Waals surface area contributed by atoms with Crippen LogP contribution in [-0.4, -0.2) is 18.9 Å². The third kappa shape index (κ3) is 2.70. The Hall–Kier alpha value is -2.68. The third-order valence-corrected chi connectivity index (χ3v) is 3.87. The zero-order chi connectivity index (χ0) is 15.5. The zero-order valence-corrected chi connectivity index (χ0v) is 12.3. The minimum absolute atomic E-state index is 0.0744. The van der Waals surface area contributed by atoms with Gasteiger partial charge in [0, 0.05) is 11.1 Å². The quantitative estimate of drug-likeness (QED) is 0.626. The molecule has 0 unspecified atom stereocenters. The van der Waals surface area contributed by atoms with E-state index in [-0.39, 0.29) is 11.8 Å². The Morgan fingerprint density at radius 2 is 1.91 bits per heavy atom. The highest BCUT2D eigenvalue weighted by Crippen LogP contribution is 2.26. The standard InChI is InChI=1S/C19H16O3/c1-22-19(21)16-7-4-5-13(12-16)11-15-10-9-14-6-2-3-8-17(14)18(15)20/h2-8,11-12H,9-10H2,1H3. The summed E-state index contributed by atoms with van der Waals surface area (Å²) >= 11 is 0. The lowest BCUT2D eigenvalue weighted by Crippen LogP contribution is -2.13. The number of ether oxygens (including phenoxy) is 1. The van der Waals surface area contributed by atoms with Crippen LogP contribution in [0, 0.1) is 0 Å². The number of carbonyl (C=O) groups excluding carboxylic acids is 2. The van der Waals surface area contributed by atoms with Crippen LogP contribution in [0.15, 0.2) is 54.1 Å². The van der Waals surface area contributed by atoms with Gasteiger partial charge >= 0.3 is 5.97 Å². The molecule has 3 nitrogen and oxygen atoms in total. The van der Waals surface area contributed by atoms with Gasteiger partial charge in [-0.3, -0.25) is 4.79 Å². The van der Waals surface area contributed by atoms with E-state index in [9.17, 15) is 9.59 Å². The van der Waals surface area contributed by atoms with E-state index in [0.29, 0.717) is 5.56 Å². The summed E-state index contributed by atoms with van der Waals surface area (Å²) in [5.41, 5.74) is 3.99. The van der Waals surface area contributed by atoms with Gasteiger partial charge in [0.15, 0.2) is 5.78 Å². The van der Waals surface area contributed by atoms with Gasteiger partial charge in [-0.1, -0.05) is 36.4 Å². The van der Waals surface area contributed by atoms with Crippen LogP contribution >= 0.6 is 0 Å². The van der Waals surface area contributed by atoms with E-state index < -0.39 is 0 Å². The fourth-order valence-electron chi connectivity index (χ4n) is 2.73. The van der Waals surface area contributed by atoms with E-state index in [4.69, 9.17) is 4.74 Å². The average Bonchev–Trinajstić information content (AvgIpc) is 2.57. The Balaban J connectivity index is 1.94. The van der Waals surface area contributed by atoms with E-state index >= 15 is 0 Å². The third-order valence-electron chi connectivity index (χ3n) is 3.87. The molecule has 2 aromatic carbocycles. The van der Waals surface area contributed by atoms with E-state index in [2.05, 4.69) is 0 Å². The van der Waals surface area contributed by atoms with E-state index in [1.807, 2.05) is 36.4 Å². The molecule has 0 amide bonds. The van der Waals surface area contributed by atoms with Gasteiger partial charge in [0.05, 0.1) is 12.7 Å². The van der Waals surface area contributed by atoms with Gasteiger partial charge in [-0.15, -0.1) is 0 Å². The van der Waals surface area contributed by atoms with Crippen molar-refractivity contribution in [3.63, 3.8) is 0 Å². The van der Waals surface area contributed by atoms with Crippen molar-refractivity contribution in [2.24, 2.45) is 0 Å². The number of fused-ring (bicyclic) bond motifs is 1. The largest absolute Gasteiger partial charge is 0.465 e. The molecule has 0 atom stereocenters. The van der Waals surface area contributed by atoms with Crippen molar-refractivity contribution >= 4 is 17.8 Å². The highest BCUT2D eigenvalue weighted by Gasteiger charge is 2.21. The predicted molar refractivity (Wildman–Crippen MR) is 84.9 cm³/mol. The van der Waals surface area contributed by atoms with Crippen molar-refractivity contribution in [2.45, 2.75) is 12.8 Å². The number of hydrogen-bond donors (Lipinski definition) is 0. The molecule has 22 heavy (non-hydrogen) atoms. The molecule has 0 N–H and O–H groups in total. The summed E-state index contributed by atoms with van der Waals surface area (Å²) in [6, 6.07) is 14.8. The number of benzene rings is 2. The predicted octanol–water partition coefficient (Wildman–Crippen LogP) is 3.69. The van der Waals surface area contributed by atoms with Gasteiger partial charge in [0.1, 0.15) is 0 Å². The molecule has 3 rings (SSSR count). The van der Waals surface area contributed by atoms with E-state index in [1.54, 1.807) is 18.2 Å². The first-order valence-corrected chi connectivity index (χ1v) is 7.20. The summed E-state index contributed by atoms with van der Waals surface area (Å²) in [7, 11) is 1.36. The molecule has 0 aromatic heterocycles. The van der Waals surface area contributed by atoms with Crippen LogP contribution in [0.1, 0.15) is 38.3 Å². The van der Waals surface area contributed by atoms with E-state index in [1.165, 1.54) is 7.11 Å². The molecule has 0 saturated heterocycles. The van der Waals surface area contributed by atoms with Crippen molar-refractivity contribution in [3.8, 4) is 0 Å². The van der Waals surface area contributed by atoms with Crippen LogP contribution in [0.5, 0.6) is 0 Å². The molecule has 0 radical (unpaired) electrons. The average molecular weight is 292 g/mol. The summed E-state index contributed by atoms with van der Waals surface area (Å²) in [5, 5.41) is 0. The number of allylic oxidation sites excluding steroid dienone is 1. The molecule has 3 heteroatoms. The van der Waals surface area contributed by atoms with Crippen LogP contribution in [0.2, 0.25) is 0 Å². The van der Waals surface area contributed by atoms with Crippen molar-refractivity contribution < 1.29 is 14.3 Å². The van der Waals surface area contributed by atoms with Crippen LogP contribution < -0.4 is 0 Å². The lowest BCUT2D eigenvalue weighted by Gasteiger charge is -2.17. The Bertz CT molecular complexity index is 772. The Kier molecular flexibility index (Phi) is 3.88. The van der Waals surface area contributed by atoms with Gasteiger partial charge in [-0.2, -0.15) is 0 Å². The van der Waals surface area contributed by atoms with Crippen molar-refractivity contribution in [2.75, 3.05) is 7.11 Å². The molecule has 0 fully saturated rings. The summed E-state index contributed by atoms with van der Waals surface area (Å²) < 4.78 is 4.72. The molecule has 1 aliphatic carbocycles. The fourth-order valence-corrected chi connectivity index (χ4v) is 2.73. The number of rotatable bonds is 2. The number of hydrogen-bond acceptors (Lipinski definition) is 3. The summed E-state index contributed by atoms with van der Waals surface area (Å²) in [4.78, 5) is 24.1. The Morgan fingerprint density at radius 3 is 2.73 bits per heavy atom. The number of Topliss-reactive ketones (excluding diaryl/α,β-unsaturated/α-hetero) is 1. The molecule has 1 aliphatic rings. The molecular formula is C19H16O3. The smallest absolute Gasteiger partial charge is 0.337 e. The first-order chi connectivity index (χ1) is 10.7. The van der Waals surface area contributed by atoms with Crippen molar-refractivity contribution in [3.05, 3.63) is 76.4 Å². The molecule has 2 aromatic rings. The zero-order valence-electron chi connectivity index (χ0n) is 12.3. The molecule has 0 bridgehead atoms. The van der Waals surface area contributed by atoms with Crippen LogP contribution in [0.25, 0.3) is 6.08 Å². The highest BCUT2D eigenvalue weighted by molar-refractivity contribution is 6.13. The van der Waals surface area contributed by atoms with Crippen molar-refractivity contribution in [1.82, 2.24) is 0 Å². The first kappa shape index (κ1) is 14.3. The maximum Gasteiger partial charge on any atom is 0.337 e. The first-order valence-electron chi connectivity index (χ1n) is 7.20. The SMILES string of the molecule is COC(=O)c1cccc(C=C2CCc3ccccc3C2=O)c1. The van der Waals surface area contributed by atoms with Crippen molar-refractivity contribution in [1.29, 1.82) is 0 Å². The van der Waals surface area contributed by atoms with Gasteiger partial charge in [0.25, 0.3) is 0 Å². The second kappa shape index (κ2) is 5.98. The lowest BCUT2D eigenvalue weighted by molar-refractivity contribution is 0.0600. The summed E-state index contributed by atoms with van der Waals surface area (Å²) in [6.45, 7) is 0. The second-order valence-corrected chi connectivity index (χ2v) is 5.27. The van der Waals surface area contributed by atoms with E-state index in [0.717, 1.165) is 35.1 Å². The van der Waals surface area contributed by atoms with Gasteiger partial charge in [-0.25, -0.2) is 4.79 Å². The van der Waals surface area contributed by atoms with Gasteiger partial charge in [-0.05, 0) is 42.2 Å². The lowest BCUT2D eigenvalue weighted by atomic mass is 9.86. The maximum atomic E-state index is 12.5. The number of aryl methyl sites for hydroxylation is 1. The van der Waals surface area contributed by atoms with Gasteiger partial charge < -0.3 is 4.74 Å². The molecule has 110 valence electrons. The minimum Gasteiger partial charge on any atom is -0.465 e. The summed E-state index contributed by atoms with van der Waals surface area (Å²) in [6.07, 6.45) is 3.45. The van der Waals surface area contributed by atoms with Crippen LogP contribution in [0.3, 0.4) is 0 Å². The number of ketones is 1. The number of methoxy groups -OCH3 is 1. The van der Waals surface area contributed by atoms with Crippen LogP contribution in [0.4, 0.5) is 0 Å². The maximum absolute atomic E-state index is 12.5. The molecule has 0 saturated carbocycles. The molecule has 0 heterocycles. The minimum atomic E-state index is -0.374. The number of esters is 1. The molecule has 0 aliphatic heterocycles. The second-order valence-electron chi connectivity index (χ2n) is 5.27. The van der Waals surface area contributed by atoms with Gasteiger partial charge in [0.2, 0.25) is 0 Å². The highest BCUT2D eigenvalue weighted by atomic mass is 16.5. The van der Waals surface area contributed by atoms with Crippen LogP contribution in [-0.2, 0) is 11.2 Å². The Labute approximate surface area is 129 Å². The Morgan fingerprint density at radius 1 is 1.09 bits per heavy atom. The monoisotopic (exact) mass is 292 g/mol. The fraction of sp³-hybridized carbons (Fsp3) is 0.158. The molecular weight excluding hydrogens is 276 g/mol. The normalized spacial score (nSPS) is 15.5. The molecule has 0 spiro atoms. The summed E-state index contributed by atoms with van der Waals surface area (Å²) in [5.74, 6) is -0.300. The topological polar surface area (TPSA) is 43.4 Å². The number of carbonyl (C=O) groups is 2.